The number of carbonyl (C=O) groups excluding carboxylic acids is 1. The van der Waals surface area contributed by atoms with Gasteiger partial charge in [-0.3, -0.25) is 15.0 Å². The highest BCUT2D eigenvalue weighted by Crippen LogP contribution is 2.24. The molecule has 1 amide bonds. The van der Waals surface area contributed by atoms with Crippen LogP contribution in [0.4, 0.5) is 0 Å². The Morgan fingerprint density at radius 3 is 2.71 bits per heavy atom. The molecule has 1 N–H and O–H groups in total. The first-order valence-corrected chi connectivity index (χ1v) is 11.6. The average Bonchev–Trinajstić information content (AvgIpc) is 2.81. The number of amides is 1. The molecular formula is C21H27N3O6S. The van der Waals surface area contributed by atoms with Gasteiger partial charge in [-0.15, -0.1) is 0 Å². The Bertz CT molecular complexity index is 949. The van der Waals surface area contributed by atoms with Crippen molar-refractivity contribution in [3.8, 4) is 5.75 Å². The molecule has 10 heteroatoms. The topological polar surface area (TPSA) is 109 Å². The molecule has 168 valence electrons. The van der Waals surface area contributed by atoms with E-state index in [1.807, 2.05) is 24.3 Å². The number of rotatable bonds is 10. The number of sulfonamides is 1. The number of aromatic nitrogens is 1. The van der Waals surface area contributed by atoms with Crippen LogP contribution in [0.15, 0.2) is 48.8 Å². The lowest BCUT2D eigenvalue weighted by molar-refractivity contribution is -0.159. The van der Waals surface area contributed by atoms with Gasteiger partial charge in [-0.25, -0.2) is 17.8 Å². The van der Waals surface area contributed by atoms with Crippen LogP contribution in [0.5, 0.6) is 5.75 Å². The van der Waals surface area contributed by atoms with Crippen LogP contribution in [-0.2, 0) is 26.2 Å². The van der Waals surface area contributed by atoms with E-state index in [0.717, 1.165) is 11.3 Å². The van der Waals surface area contributed by atoms with Gasteiger partial charge >= 0.3 is 0 Å². The fourth-order valence-electron chi connectivity index (χ4n) is 3.53. The first-order chi connectivity index (χ1) is 14.9. The van der Waals surface area contributed by atoms with Gasteiger partial charge in [-0.2, -0.15) is 0 Å². The SMILES string of the molecule is COc1cccc(COC2CCN(S(=O)(=O)C[C@@H](c3cccnc3)N(O)C=O)CC2)c1. The number of methoxy groups -OCH3 is 1. The van der Waals surface area contributed by atoms with E-state index in [1.54, 1.807) is 19.2 Å². The summed E-state index contributed by atoms with van der Waals surface area (Å²) in [4.78, 5) is 15.0. The lowest BCUT2D eigenvalue weighted by atomic mass is 10.1. The van der Waals surface area contributed by atoms with E-state index in [-0.39, 0.29) is 12.5 Å². The Hall–Kier alpha value is -2.53. The maximum Gasteiger partial charge on any atom is 0.233 e. The predicted octanol–water partition coefficient (Wildman–Crippen LogP) is 1.99. The third kappa shape index (κ3) is 6.23. The fourth-order valence-corrected chi connectivity index (χ4v) is 5.25. The molecule has 2 heterocycles. The van der Waals surface area contributed by atoms with Crippen molar-refractivity contribution >= 4 is 16.4 Å². The quantitative estimate of drug-likeness (QED) is 0.336. The Morgan fingerprint density at radius 1 is 1.29 bits per heavy atom. The largest absolute Gasteiger partial charge is 0.497 e. The molecule has 0 aliphatic carbocycles. The number of nitrogens with zero attached hydrogens (tertiary/aromatic N) is 3. The number of ether oxygens (including phenoxy) is 2. The van der Waals surface area contributed by atoms with Crippen molar-refractivity contribution in [2.45, 2.75) is 31.6 Å². The minimum atomic E-state index is -3.71. The second-order valence-corrected chi connectivity index (χ2v) is 9.34. The highest BCUT2D eigenvalue weighted by molar-refractivity contribution is 7.89. The molecule has 0 radical (unpaired) electrons. The summed E-state index contributed by atoms with van der Waals surface area (Å²) in [5.74, 6) is 0.335. The molecule has 0 spiro atoms. The van der Waals surface area contributed by atoms with Gasteiger partial charge in [-0.1, -0.05) is 18.2 Å². The second kappa shape index (κ2) is 10.7. The van der Waals surface area contributed by atoms with Gasteiger partial charge in [0, 0.05) is 25.5 Å². The number of piperidine rings is 1. The highest BCUT2D eigenvalue weighted by atomic mass is 32.2. The van der Waals surface area contributed by atoms with Crippen molar-refractivity contribution in [1.82, 2.24) is 14.4 Å². The smallest absolute Gasteiger partial charge is 0.233 e. The summed E-state index contributed by atoms with van der Waals surface area (Å²) in [6.07, 6.45) is 4.26. The molecule has 1 aromatic carbocycles. The highest BCUT2D eigenvalue weighted by Gasteiger charge is 2.33. The molecule has 1 aromatic heterocycles. The Labute approximate surface area is 182 Å². The summed E-state index contributed by atoms with van der Waals surface area (Å²) >= 11 is 0. The zero-order valence-electron chi connectivity index (χ0n) is 17.3. The van der Waals surface area contributed by atoms with E-state index < -0.39 is 21.8 Å². The normalized spacial score (nSPS) is 16.6. The van der Waals surface area contributed by atoms with Crippen LogP contribution >= 0.6 is 0 Å². The van der Waals surface area contributed by atoms with E-state index in [4.69, 9.17) is 9.47 Å². The fraction of sp³-hybridized carbons (Fsp3) is 0.429. The molecule has 1 aliphatic rings. The summed E-state index contributed by atoms with van der Waals surface area (Å²) in [5.41, 5.74) is 1.43. The molecule has 3 rings (SSSR count). The van der Waals surface area contributed by atoms with Crippen LogP contribution in [0.25, 0.3) is 0 Å². The zero-order valence-corrected chi connectivity index (χ0v) is 18.1. The van der Waals surface area contributed by atoms with Crippen molar-refractivity contribution in [2.24, 2.45) is 0 Å². The maximum atomic E-state index is 12.9. The summed E-state index contributed by atoms with van der Waals surface area (Å²) in [6, 6.07) is 9.84. The van der Waals surface area contributed by atoms with Crippen molar-refractivity contribution in [3.05, 3.63) is 59.9 Å². The second-order valence-electron chi connectivity index (χ2n) is 7.33. The summed E-state index contributed by atoms with van der Waals surface area (Å²) in [5, 5.41) is 10.3. The Balaban J connectivity index is 1.56. The predicted molar refractivity (Wildman–Crippen MR) is 113 cm³/mol. The molecule has 0 bridgehead atoms. The molecule has 1 fully saturated rings. The van der Waals surface area contributed by atoms with E-state index >= 15 is 0 Å². The third-order valence-corrected chi connectivity index (χ3v) is 7.17. The molecule has 0 unspecified atom stereocenters. The average molecular weight is 450 g/mol. The van der Waals surface area contributed by atoms with Gasteiger partial charge in [0.25, 0.3) is 0 Å². The van der Waals surface area contributed by atoms with Crippen molar-refractivity contribution in [3.63, 3.8) is 0 Å². The molecule has 0 saturated carbocycles. The number of pyridine rings is 1. The summed E-state index contributed by atoms with van der Waals surface area (Å²) < 4.78 is 38.4. The standard InChI is InChI=1S/C21H27N3O6S/c1-29-20-6-2-4-17(12-20)14-30-19-7-10-23(11-8-19)31(27,28)15-21(24(26)16-25)18-5-3-9-22-13-18/h2-6,9,12-13,16,19,21,26H,7-8,10-11,14-15H2,1H3/t21-/m0/s1. The monoisotopic (exact) mass is 449 g/mol. The molecule has 31 heavy (non-hydrogen) atoms. The van der Waals surface area contributed by atoms with Crippen molar-refractivity contribution < 1.29 is 27.9 Å². The van der Waals surface area contributed by atoms with E-state index in [0.29, 0.717) is 43.2 Å². The van der Waals surface area contributed by atoms with Crippen LogP contribution in [0.2, 0.25) is 0 Å². The lowest BCUT2D eigenvalue weighted by Gasteiger charge is -2.33. The maximum absolute atomic E-state index is 12.9. The number of hydrogen-bond acceptors (Lipinski definition) is 7. The van der Waals surface area contributed by atoms with Crippen molar-refractivity contribution in [2.75, 3.05) is 26.0 Å². The number of benzene rings is 1. The minimum absolute atomic E-state index is 0.0453. The molecule has 1 saturated heterocycles. The van der Waals surface area contributed by atoms with Crippen LogP contribution in [0, 0.1) is 0 Å². The van der Waals surface area contributed by atoms with Gasteiger partial charge < -0.3 is 9.47 Å². The number of hydroxylamine groups is 2. The van der Waals surface area contributed by atoms with Gasteiger partial charge in [0.15, 0.2) is 0 Å². The van der Waals surface area contributed by atoms with Gasteiger partial charge in [0.2, 0.25) is 16.4 Å². The molecule has 2 aromatic rings. The van der Waals surface area contributed by atoms with Gasteiger partial charge in [0.05, 0.1) is 25.6 Å². The van der Waals surface area contributed by atoms with E-state index in [9.17, 15) is 18.4 Å². The molecular weight excluding hydrogens is 422 g/mol. The van der Waals surface area contributed by atoms with Crippen LogP contribution < -0.4 is 4.74 Å². The third-order valence-electron chi connectivity index (χ3n) is 5.28. The van der Waals surface area contributed by atoms with Crippen LogP contribution in [-0.4, -0.2) is 66.4 Å². The number of hydrogen-bond donors (Lipinski definition) is 1. The van der Waals surface area contributed by atoms with E-state index in [2.05, 4.69) is 4.98 Å². The number of carbonyl (C=O) groups is 1. The summed E-state index contributed by atoms with van der Waals surface area (Å²) in [7, 11) is -2.10. The molecule has 1 aliphatic heterocycles. The Morgan fingerprint density at radius 2 is 2.06 bits per heavy atom. The van der Waals surface area contributed by atoms with Gasteiger partial charge in [-0.05, 0) is 42.2 Å². The van der Waals surface area contributed by atoms with Gasteiger partial charge in [0.1, 0.15) is 11.8 Å². The summed E-state index contributed by atoms with van der Waals surface area (Å²) in [6.45, 7) is 1.06. The first-order valence-electron chi connectivity index (χ1n) is 9.97. The van der Waals surface area contributed by atoms with Crippen LogP contribution in [0.3, 0.4) is 0 Å². The van der Waals surface area contributed by atoms with E-state index in [1.165, 1.54) is 16.7 Å². The van der Waals surface area contributed by atoms with Crippen LogP contribution in [0.1, 0.15) is 30.0 Å². The zero-order chi connectivity index (χ0) is 22.3. The van der Waals surface area contributed by atoms with Crippen molar-refractivity contribution in [1.29, 1.82) is 0 Å². The molecule has 1 atom stereocenters. The molecule has 9 nitrogen and oxygen atoms in total. The lowest BCUT2D eigenvalue weighted by Crippen LogP contribution is -2.44. The first kappa shape index (κ1) is 23.1. The minimum Gasteiger partial charge on any atom is -0.497 e. The Kier molecular flexibility index (Phi) is 7.97.